The zero-order valence-corrected chi connectivity index (χ0v) is 19.2. The Morgan fingerprint density at radius 2 is 1.82 bits per heavy atom. The number of benzene rings is 2. The molecule has 172 valence electrons. The van der Waals surface area contributed by atoms with Crippen molar-refractivity contribution in [3.63, 3.8) is 0 Å². The molecular weight excluding hydrogens is 452 g/mol. The highest BCUT2D eigenvalue weighted by Crippen LogP contribution is 2.37. The number of aromatic nitrogens is 1. The number of hydrogen-bond donors (Lipinski definition) is 1. The van der Waals surface area contributed by atoms with Crippen LogP contribution in [0.5, 0.6) is 5.75 Å². The predicted octanol–water partition coefficient (Wildman–Crippen LogP) is 4.60. The van der Waals surface area contributed by atoms with Gasteiger partial charge in [0.25, 0.3) is 5.56 Å². The molecule has 1 saturated heterocycles. The van der Waals surface area contributed by atoms with Crippen molar-refractivity contribution in [1.29, 1.82) is 0 Å². The van der Waals surface area contributed by atoms with E-state index in [1.54, 1.807) is 48.5 Å². The van der Waals surface area contributed by atoms with Crippen molar-refractivity contribution < 1.29 is 9.52 Å². The molecule has 2 bridgehead atoms. The number of likely N-dealkylation sites (tertiary alicyclic amines) is 1. The van der Waals surface area contributed by atoms with Crippen molar-refractivity contribution in [3.05, 3.63) is 97.7 Å². The summed E-state index contributed by atoms with van der Waals surface area (Å²) in [6, 6.07) is 17.8. The minimum Gasteiger partial charge on any atom is -0.507 e. The van der Waals surface area contributed by atoms with Gasteiger partial charge in [-0.15, -0.1) is 0 Å². The molecule has 0 saturated carbocycles. The van der Waals surface area contributed by atoms with Crippen LogP contribution in [0.15, 0.2) is 74.7 Å². The molecule has 0 aliphatic carbocycles. The van der Waals surface area contributed by atoms with Crippen LogP contribution in [-0.2, 0) is 13.1 Å². The van der Waals surface area contributed by atoms with E-state index in [0.717, 1.165) is 36.2 Å². The molecule has 0 amide bonds. The molecule has 4 heterocycles. The molecule has 6 rings (SSSR count). The predicted molar refractivity (Wildman–Crippen MR) is 131 cm³/mol. The molecule has 0 spiro atoms. The number of hydrogen-bond acceptors (Lipinski definition) is 5. The molecule has 1 fully saturated rings. The molecule has 0 unspecified atom stereocenters. The Balaban J connectivity index is 1.35. The van der Waals surface area contributed by atoms with Gasteiger partial charge in [0.05, 0.1) is 11.1 Å². The summed E-state index contributed by atoms with van der Waals surface area (Å²) < 4.78 is 7.68. The van der Waals surface area contributed by atoms with Gasteiger partial charge in [0.1, 0.15) is 11.3 Å². The number of fused-ring (bicyclic) bond motifs is 5. The van der Waals surface area contributed by atoms with Gasteiger partial charge >= 0.3 is 5.63 Å². The first-order chi connectivity index (χ1) is 16.5. The number of rotatable bonds is 3. The van der Waals surface area contributed by atoms with Crippen LogP contribution in [0.3, 0.4) is 0 Å². The van der Waals surface area contributed by atoms with E-state index in [2.05, 4.69) is 4.90 Å². The summed E-state index contributed by atoms with van der Waals surface area (Å²) in [7, 11) is 0. The third-order valence-electron chi connectivity index (χ3n) is 7.07. The first-order valence-electron chi connectivity index (χ1n) is 11.4. The van der Waals surface area contributed by atoms with E-state index in [-0.39, 0.29) is 17.2 Å². The van der Waals surface area contributed by atoms with Crippen molar-refractivity contribution in [2.24, 2.45) is 5.92 Å². The minimum atomic E-state index is -0.453. The van der Waals surface area contributed by atoms with E-state index in [1.807, 2.05) is 16.7 Å². The van der Waals surface area contributed by atoms with Crippen LogP contribution in [0.25, 0.3) is 22.1 Å². The lowest BCUT2D eigenvalue weighted by Crippen LogP contribution is -2.46. The second kappa shape index (κ2) is 8.15. The summed E-state index contributed by atoms with van der Waals surface area (Å²) in [6.45, 7) is 2.78. The highest BCUT2D eigenvalue weighted by molar-refractivity contribution is 6.30. The topological polar surface area (TPSA) is 75.7 Å². The Hall–Kier alpha value is -3.35. The molecule has 2 atom stereocenters. The van der Waals surface area contributed by atoms with Crippen molar-refractivity contribution in [1.82, 2.24) is 9.47 Å². The lowest BCUT2D eigenvalue weighted by atomic mass is 9.83. The largest absolute Gasteiger partial charge is 0.507 e. The number of piperidine rings is 1. The third kappa shape index (κ3) is 3.63. The van der Waals surface area contributed by atoms with E-state index in [4.69, 9.17) is 16.0 Å². The molecule has 6 nitrogen and oxygen atoms in total. The maximum absolute atomic E-state index is 12.9. The highest BCUT2D eigenvalue weighted by Gasteiger charge is 2.35. The quantitative estimate of drug-likeness (QED) is 0.439. The van der Waals surface area contributed by atoms with Crippen molar-refractivity contribution in [2.75, 3.05) is 13.1 Å². The van der Waals surface area contributed by atoms with E-state index in [1.165, 1.54) is 0 Å². The fraction of sp³-hybridized carbons (Fsp3) is 0.259. The van der Waals surface area contributed by atoms with Crippen molar-refractivity contribution in [3.8, 4) is 16.9 Å². The van der Waals surface area contributed by atoms with Crippen LogP contribution in [0.1, 0.15) is 23.6 Å². The molecule has 7 heteroatoms. The zero-order valence-electron chi connectivity index (χ0n) is 18.4. The molecular formula is C27H23ClN2O4. The first-order valence-corrected chi connectivity index (χ1v) is 11.8. The van der Waals surface area contributed by atoms with Gasteiger partial charge in [-0.3, -0.25) is 9.69 Å². The summed E-state index contributed by atoms with van der Waals surface area (Å²) in [5, 5.41) is 12.0. The van der Waals surface area contributed by atoms with Crippen LogP contribution in [0.4, 0.5) is 0 Å². The van der Waals surface area contributed by atoms with Crippen LogP contribution in [-0.4, -0.2) is 27.7 Å². The maximum Gasteiger partial charge on any atom is 0.344 e. The molecule has 4 aromatic rings. The number of nitrogens with zero attached hydrogens (tertiary/aromatic N) is 2. The molecule has 2 aromatic heterocycles. The molecule has 0 radical (unpaired) electrons. The molecule has 2 aromatic carbocycles. The molecule has 1 N–H and O–H groups in total. The second-order valence-corrected chi connectivity index (χ2v) is 9.76. The van der Waals surface area contributed by atoms with Gasteiger partial charge < -0.3 is 14.1 Å². The lowest BCUT2D eigenvalue weighted by molar-refractivity contribution is 0.113. The van der Waals surface area contributed by atoms with Crippen LogP contribution in [0, 0.1) is 5.92 Å². The Morgan fingerprint density at radius 3 is 2.65 bits per heavy atom. The Kier molecular flexibility index (Phi) is 5.08. The third-order valence-corrected chi connectivity index (χ3v) is 7.33. The lowest BCUT2D eigenvalue weighted by Gasteiger charge is -2.42. The van der Waals surface area contributed by atoms with Crippen molar-refractivity contribution in [2.45, 2.75) is 25.4 Å². The van der Waals surface area contributed by atoms with E-state index < -0.39 is 5.63 Å². The number of pyridine rings is 1. The van der Waals surface area contributed by atoms with Gasteiger partial charge in [-0.1, -0.05) is 29.8 Å². The number of phenols is 1. The Labute approximate surface area is 200 Å². The Morgan fingerprint density at radius 1 is 1.00 bits per heavy atom. The zero-order chi connectivity index (χ0) is 23.4. The Bertz CT molecular complexity index is 1520. The second-order valence-electron chi connectivity index (χ2n) is 9.33. The van der Waals surface area contributed by atoms with Gasteiger partial charge in [-0.2, -0.15) is 0 Å². The monoisotopic (exact) mass is 474 g/mol. The summed E-state index contributed by atoms with van der Waals surface area (Å²) >= 11 is 5.98. The number of aromatic hydroxyl groups is 1. The highest BCUT2D eigenvalue weighted by atomic mass is 35.5. The van der Waals surface area contributed by atoms with Crippen LogP contribution in [0.2, 0.25) is 5.02 Å². The van der Waals surface area contributed by atoms with Gasteiger partial charge in [-0.25, -0.2) is 4.79 Å². The minimum absolute atomic E-state index is 0.0608. The molecule has 34 heavy (non-hydrogen) atoms. The first kappa shape index (κ1) is 21.2. The summed E-state index contributed by atoms with van der Waals surface area (Å²) in [5.74, 6) is 0.747. The number of phenolic OH excluding ortho intramolecular Hbond substituents is 1. The van der Waals surface area contributed by atoms with Gasteiger partial charge in [-0.05, 0) is 54.3 Å². The fourth-order valence-electron chi connectivity index (χ4n) is 5.56. The van der Waals surface area contributed by atoms with E-state index in [0.29, 0.717) is 40.7 Å². The average Bonchev–Trinajstić information content (AvgIpc) is 2.82. The maximum atomic E-state index is 12.9. The SMILES string of the molecule is O=c1oc2c(CN3C[C@H]4C[C@@H](C3)c3cccc(=O)n3C4)c(O)ccc2cc1-c1ccc(Cl)cc1. The molecule has 2 aliphatic heterocycles. The smallest absolute Gasteiger partial charge is 0.344 e. The van der Waals surface area contributed by atoms with Crippen molar-refractivity contribution >= 4 is 22.6 Å². The summed E-state index contributed by atoms with van der Waals surface area (Å²) in [6.07, 6.45) is 1.06. The van der Waals surface area contributed by atoms with Crippen LogP contribution < -0.4 is 11.2 Å². The summed E-state index contributed by atoms with van der Waals surface area (Å²) in [4.78, 5) is 27.5. The average molecular weight is 475 g/mol. The standard InChI is InChI=1S/C27H23ClN2O4/c28-20-7-4-17(5-8-20)21-11-18-6-9-24(31)22(26(18)34-27(21)33)15-29-12-16-10-19(14-29)23-2-1-3-25(32)30(23)13-16/h1-9,11,16,19,31H,10,12-15H2/t16-,19+/m1/s1. The van der Waals surface area contributed by atoms with E-state index >= 15 is 0 Å². The van der Waals surface area contributed by atoms with Gasteiger partial charge in [0.2, 0.25) is 0 Å². The molecule has 2 aliphatic rings. The van der Waals surface area contributed by atoms with Gasteiger partial charge in [0.15, 0.2) is 0 Å². The fourth-order valence-corrected chi connectivity index (χ4v) is 5.69. The summed E-state index contributed by atoms with van der Waals surface area (Å²) in [5.41, 5.74) is 2.89. The van der Waals surface area contributed by atoms with Gasteiger partial charge in [0, 0.05) is 54.3 Å². The number of halogens is 1. The van der Waals surface area contributed by atoms with E-state index in [9.17, 15) is 14.7 Å². The van der Waals surface area contributed by atoms with Crippen LogP contribution >= 0.6 is 11.6 Å². The normalized spacial score (nSPS) is 19.8.